The number of hydrogen-bond donors (Lipinski definition) is 0. The minimum atomic E-state index is -2.15. The molecule has 0 amide bonds. The van der Waals surface area contributed by atoms with Gasteiger partial charge in [0.2, 0.25) is 8.32 Å². The molecule has 0 saturated carbocycles. The average Bonchev–Trinajstić information content (AvgIpc) is 3.29. The molecule has 10 heteroatoms. The zero-order valence-electron chi connectivity index (χ0n) is 34.0. The molecule has 0 spiro atoms. The van der Waals surface area contributed by atoms with Crippen LogP contribution < -0.4 is 0 Å². The molecule has 1 aliphatic carbocycles. The van der Waals surface area contributed by atoms with Crippen molar-refractivity contribution in [2.24, 2.45) is 5.92 Å². The van der Waals surface area contributed by atoms with Crippen molar-refractivity contribution < 1.29 is 32.3 Å². The summed E-state index contributed by atoms with van der Waals surface area (Å²) in [5.41, 5.74) is 1.05. The zero-order valence-corrected chi connectivity index (χ0v) is 37.0. The van der Waals surface area contributed by atoms with Gasteiger partial charge in [-0.25, -0.2) is 0 Å². The molecule has 0 aromatic carbocycles. The van der Waals surface area contributed by atoms with Gasteiger partial charge >= 0.3 is 11.9 Å². The standard InChI is InChI=1S/C39H72O7Si3/c1-16-20-27-39(9,46-47(11,12)13)28-23-26-34-33(25-22-21-24-32(43-31(5)40)29-37(41)42-10)35(44-48(14,15)38(6,7)8)30-36(34)45-49(17-2,18-3)19-4/h23,26,32,34,36H,16-20,22,25,27-30H2,1-15H3/b26-23+. The number of unbranched alkanes of at least 4 members (excludes halogenated alkanes) is 1. The highest BCUT2D eigenvalue weighted by Crippen LogP contribution is 2.46. The highest BCUT2D eigenvalue weighted by atomic mass is 28.4. The average molecular weight is 737 g/mol. The lowest BCUT2D eigenvalue weighted by Gasteiger charge is -2.37. The van der Waals surface area contributed by atoms with Gasteiger partial charge in [-0.2, -0.15) is 0 Å². The maximum absolute atomic E-state index is 11.9. The molecule has 0 aliphatic heterocycles. The lowest BCUT2D eigenvalue weighted by Crippen LogP contribution is -2.42. The Balaban J connectivity index is 3.69. The fraction of sp³-hybridized carbons (Fsp3) is 0.795. The van der Waals surface area contributed by atoms with Crippen LogP contribution in [0.3, 0.4) is 0 Å². The summed E-state index contributed by atoms with van der Waals surface area (Å²) in [4.78, 5) is 23.7. The van der Waals surface area contributed by atoms with Crippen LogP contribution >= 0.6 is 0 Å². The number of rotatable bonds is 20. The molecule has 4 unspecified atom stereocenters. The first-order valence-electron chi connectivity index (χ1n) is 18.8. The summed E-state index contributed by atoms with van der Waals surface area (Å²) < 4.78 is 31.4. The highest BCUT2D eigenvalue weighted by molar-refractivity contribution is 6.74. The van der Waals surface area contributed by atoms with Gasteiger partial charge in [-0.3, -0.25) is 9.59 Å². The van der Waals surface area contributed by atoms with Gasteiger partial charge in [0, 0.05) is 25.7 Å². The van der Waals surface area contributed by atoms with E-state index in [0.717, 1.165) is 56.0 Å². The van der Waals surface area contributed by atoms with Crippen molar-refractivity contribution >= 4 is 36.9 Å². The van der Waals surface area contributed by atoms with E-state index in [2.05, 4.69) is 112 Å². The zero-order chi connectivity index (χ0) is 37.7. The Labute approximate surface area is 304 Å². The van der Waals surface area contributed by atoms with Gasteiger partial charge in [-0.15, -0.1) is 0 Å². The molecule has 282 valence electrons. The topological polar surface area (TPSA) is 80.3 Å². The van der Waals surface area contributed by atoms with Crippen LogP contribution in [-0.2, 0) is 32.3 Å². The smallest absolute Gasteiger partial charge is 0.310 e. The van der Waals surface area contributed by atoms with Gasteiger partial charge in [0.15, 0.2) is 22.7 Å². The van der Waals surface area contributed by atoms with Crippen molar-refractivity contribution in [2.75, 3.05) is 7.11 Å². The molecule has 0 aromatic rings. The Kier molecular flexibility index (Phi) is 18.4. The summed E-state index contributed by atoms with van der Waals surface area (Å²) in [6.07, 6.45) is 9.98. The number of esters is 2. The van der Waals surface area contributed by atoms with Crippen LogP contribution in [0.15, 0.2) is 23.5 Å². The minimum Gasteiger partial charge on any atom is -0.546 e. The maximum Gasteiger partial charge on any atom is 0.310 e. The lowest BCUT2D eigenvalue weighted by molar-refractivity contribution is -0.149. The minimum absolute atomic E-state index is 0.0124. The van der Waals surface area contributed by atoms with Crippen molar-refractivity contribution in [1.29, 1.82) is 0 Å². The molecule has 49 heavy (non-hydrogen) atoms. The van der Waals surface area contributed by atoms with Gasteiger partial charge in [0.25, 0.3) is 0 Å². The van der Waals surface area contributed by atoms with Gasteiger partial charge in [0.1, 0.15) is 0 Å². The molecule has 7 nitrogen and oxygen atoms in total. The molecule has 0 fully saturated rings. The fourth-order valence-corrected chi connectivity index (χ4v) is 12.0. The van der Waals surface area contributed by atoms with Crippen LogP contribution in [0, 0.1) is 17.8 Å². The van der Waals surface area contributed by atoms with Crippen LogP contribution in [-0.4, -0.2) is 61.8 Å². The molecule has 0 N–H and O–H groups in total. The van der Waals surface area contributed by atoms with Crippen LogP contribution in [0.25, 0.3) is 0 Å². The van der Waals surface area contributed by atoms with Gasteiger partial charge in [0.05, 0.1) is 31.0 Å². The van der Waals surface area contributed by atoms with Crippen molar-refractivity contribution in [3.05, 3.63) is 23.5 Å². The molecule has 0 saturated heterocycles. The summed E-state index contributed by atoms with van der Waals surface area (Å²) in [7, 11) is -4.53. The predicted octanol–water partition coefficient (Wildman–Crippen LogP) is 10.7. The van der Waals surface area contributed by atoms with E-state index in [9.17, 15) is 9.59 Å². The number of hydrogen-bond acceptors (Lipinski definition) is 7. The quantitative estimate of drug-likeness (QED) is 0.0533. The molecular weight excluding hydrogens is 665 g/mol. The molecule has 0 radical (unpaired) electrons. The van der Waals surface area contributed by atoms with E-state index in [1.165, 1.54) is 19.6 Å². The first-order valence-corrected chi connectivity index (χ1v) is 27.6. The van der Waals surface area contributed by atoms with Gasteiger partial charge in [-0.1, -0.05) is 85.3 Å². The molecule has 1 aliphatic rings. The SMILES string of the molecule is CCCCC(C)(C/C=C/C1C(CCC#CC(CC(=O)OC)OC(C)=O)=C(O[Si](C)(C)C(C)(C)C)CC1O[Si](CC)(CC)CC)O[Si](C)(C)C. The van der Waals surface area contributed by atoms with Crippen molar-refractivity contribution in [3.8, 4) is 11.8 Å². The van der Waals surface area contributed by atoms with E-state index in [0.29, 0.717) is 12.8 Å². The largest absolute Gasteiger partial charge is 0.546 e. The van der Waals surface area contributed by atoms with E-state index in [-0.39, 0.29) is 29.1 Å². The normalized spacial score (nSPS) is 19.3. The number of carbonyl (C=O) groups excluding carboxylic acids is 2. The van der Waals surface area contributed by atoms with Crippen LogP contribution in [0.2, 0.25) is 55.9 Å². The third kappa shape index (κ3) is 15.2. The predicted molar refractivity (Wildman–Crippen MR) is 211 cm³/mol. The molecule has 0 heterocycles. The molecular formula is C39H72O7Si3. The van der Waals surface area contributed by atoms with E-state index < -0.39 is 43.0 Å². The molecule has 0 aromatic heterocycles. The summed E-state index contributed by atoms with van der Waals surface area (Å²) in [6.45, 7) is 31.0. The second-order valence-electron chi connectivity index (χ2n) is 16.5. The first-order chi connectivity index (χ1) is 22.6. The van der Waals surface area contributed by atoms with Gasteiger partial charge in [-0.05, 0) is 87.7 Å². The molecule has 4 atom stereocenters. The lowest BCUT2D eigenvalue weighted by atomic mass is 9.91. The molecule has 0 bridgehead atoms. The second kappa shape index (κ2) is 19.8. The Bertz CT molecular complexity index is 1170. The first kappa shape index (κ1) is 45.4. The van der Waals surface area contributed by atoms with Crippen molar-refractivity contribution in [2.45, 2.75) is 187 Å². The Morgan fingerprint density at radius 1 is 1.00 bits per heavy atom. The summed E-state index contributed by atoms with van der Waals surface area (Å²) in [5.74, 6) is 6.44. The Morgan fingerprint density at radius 2 is 1.61 bits per heavy atom. The number of ether oxygens (including phenoxy) is 2. The van der Waals surface area contributed by atoms with Crippen LogP contribution in [0.1, 0.15) is 114 Å². The number of carbonyl (C=O) groups is 2. The second-order valence-corrected chi connectivity index (χ2v) is 30.4. The van der Waals surface area contributed by atoms with Crippen LogP contribution in [0.5, 0.6) is 0 Å². The fourth-order valence-electron chi connectivity index (χ4n) is 6.29. The maximum atomic E-state index is 11.9. The molecule has 1 rings (SSSR count). The Morgan fingerprint density at radius 3 is 2.10 bits per heavy atom. The highest BCUT2D eigenvalue weighted by Gasteiger charge is 2.45. The van der Waals surface area contributed by atoms with E-state index >= 15 is 0 Å². The van der Waals surface area contributed by atoms with E-state index in [1.54, 1.807) is 0 Å². The Hall–Kier alpha value is -1.65. The summed E-state index contributed by atoms with van der Waals surface area (Å²) >= 11 is 0. The summed E-state index contributed by atoms with van der Waals surface area (Å²) in [6, 6.07) is 3.26. The van der Waals surface area contributed by atoms with Crippen LogP contribution in [0.4, 0.5) is 0 Å². The number of methoxy groups -OCH3 is 1. The van der Waals surface area contributed by atoms with E-state index in [1.807, 2.05) is 0 Å². The van der Waals surface area contributed by atoms with E-state index in [4.69, 9.17) is 22.8 Å². The third-order valence-electron chi connectivity index (χ3n) is 10.2. The summed E-state index contributed by atoms with van der Waals surface area (Å²) in [5, 5.41) is 0.0460. The van der Waals surface area contributed by atoms with Crippen molar-refractivity contribution in [1.82, 2.24) is 0 Å². The monoisotopic (exact) mass is 736 g/mol. The van der Waals surface area contributed by atoms with Crippen molar-refractivity contribution in [3.63, 3.8) is 0 Å². The third-order valence-corrected chi connectivity index (χ3v) is 20.4. The van der Waals surface area contributed by atoms with Gasteiger partial charge < -0.3 is 22.8 Å².